The molecule has 0 heterocycles. The summed E-state index contributed by atoms with van der Waals surface area (Å²) in [5.74, 6) is -1.14. The first kappa shape index (κ1) is 20.5. The molecule has 0 aliphatic rings. The SMILES string of the molecule is CCOC(=O)C(C(=O)c1ccc(OC)cc1)C(CN)c1ccc(OC)cc1. The van der Waals surface area contributed by atoms with E-state index in [2.05, 4.69) is 0 Å². The van der Waals surface area contributed by atoms with Crippen molar-refractivity contribution in [3.63, 3.8) is 0 Å². The number of hydrogen-bond donors (Lipinski definition) is 1. The van der Waals surface area contributed by atoms with E-state index >= 15 is 0 Å². The number of hydrogen-bond acceptors (Lipinski definition) is 6. The Morgan fingerprint density at radius 3 is 1.89 bits per heavy atom. The molecule has 0 spiro atoms. The summed E-state index contributed by atoms with van der Waals surface area (Å²) in [6.07, 6.45) is 0. The highest BCUT2D eigenvalue weighted by molar-refractivity contribution is 6.09. The highest BCUT2D eigenvalue weighted by Crippen LogP contribution is 2.30. The summed E-state index contributed by atoms with van der Waals surface area (Å²) in [6.45, 7) is 2.01. The number of Topliss-reactive ketones (excluding diaryl/α,β-unsaturated/α-hetero) is 1. The Morgan fingerprint density at radius 1 is 0.926 bits per heavy atom. The van der Waals surface area contributed by atoms with Crippen LogP contribution in [0.5, 0.6) is 11.5 Å². The number of ether oxygens (including phenoxy) is 3. The number of esters is 1. The summed E-state index contributed by atoms with van der Waals surface area (Å²) in [4.78, 5) is 25.8. The average molecular weight is 371 g/mol. The van der Waals surface area contributed by atoms with Crippen LogP contribution in [0.3, 0.4) is 0 Å². The van der Waals surface area contributed by atoms with Crippen LogP contribution in [0.15, 0.2) is 48.5 Å². The molecule has 6 heteroatoms. The molecule has 0 amide bonds. The largest absolute Gasteiger partial charge is 0.497 e. The van der Waals surface area contributed by atoms with Crippen LogP contribution in [0.4, 0.5) is 0 Å². The van der Waals surface area contributed by atoms with Crippen LogP contribution in [0, 0.1) is 5.92 Å². The van der Waals surface area contributed by atoms with Gasteiger partial charge in [0.15, 0.2) is 5.78 Å². The van der Waals surface area contributed by atoms with E-state index in [-0.39, 0.29) is 18.9 Å². The van der Waals surface area contributed by atoms with Gasteiger partial charge in [0.25, 0.3) is 0 Å². The van der Waals surface area contributed by atoms with E-state index in [0.717, 1.165) is 5.56 Å². The van der Waals surface area contributed by atoms with Crippen LogP contribution < -0.4 is 15.2 Å². The summed E-state index contributed by atoms with van der Waals surface area (Å²) >= 11 is 0. The fourth-order valence-corrected chi connectivity index (χ4v) is 2.94. The zero-order valence-electron chi connectivity index (χ0n) is 15.8. The first-order chi connectivity index (χ1) is 13.0. The van der Waals surface area contributed by atoms with Crippen LogP contribution in [0.1, 0.15) is 28.8 Å². The maximum Gasteiger partial charge on any atom is 0.317 e. The second-order valence-electron chi connectivity index (χ2n) is 5.94. The van der Waals surface area contributed by atoms with Crippen LogP contribution >= 0.6 is 0 Å². The van der Waals surface area contributed by atoms with Crippen molar-refractivity contribution in [2.45, 2.75) is 12.8 Å². The van der Waals surface area contributed by atoms with Crippen molar-refractivity contribution in [2.24, 2.45) is 11.7 Å². The lowest BCUT2D eigenvalue weighted by Crippen LogP contribution is -2.35. The van der Waals surface area contributed by atoms with Gasteiger partial charge in [-0.2, -0.15) is 0 Å². The number of nitrogens with two attached hydrogens (primary N) is 1. The van der Waals surface area contributed by atoms with Crippen molar-refractivity contribution < 1.29 is 23.8 Å². The van der Waals surface area contributed by atoms with Gasteiger partial charge in [0.1, 0.15) is 17.4 Å². The first-order valence-electron chi connectivity index (χ1n) is 8.74. The van der Waals surface area contributed by atoms with E-state index in [9.17, 15) is 9.59 Å². The van der Waals surface area contributed by atoms with Gasteiger partial charge in [-0.3, -0.25) is 9.59 Å². The molecular formula is C21H25NO5. The molecule has 2 unspecified atom stereocenters. The van der Waals surface area contributed by atoms with Crippen molar-refractivity contribution in [1.82, 2.24) is 0 Å². The molecule has 2 N–H and O–H groups in total. The lowest BCUT2D eigenvalue weighted by Gasteiger charge is -2.24. The molecule has 0 fully saturated rings. The van der Waals surface area contributed by atoms with Gasteiger partial charge in [0.05, 0.1) is 20.8 Å². The Labute approximate surface area is 159 Å². The quantitative estimate of drug-likeness (QED) is 0.414. The summed E-state index contributed by atoms with van der Waals surface area (Å²) in [7, 11) is 3.12. The van der Waals surface area contributed by atoms with E-state index in [1.165, 1.54) is 0 Å². The normalized spacial score (nSPS) is 12.7. The molecule has 0 bridgehead atoms. The molecule has 6 nitrogen and oxygen atoms in total. The molecule has 2 atom stereocenters. The van der Waals surface area contributed by atoms with Crippen LogP contribution in [-0.4, -0.2) is 39.1 Å². The summed E-state index contributed by atoms with van der Waals surface area (Å²) in [6, 6.07) is 13.8. The molecule has 0 aromatic heterocycles. The molecule has 0 radical (unpaired) electrons. The zero-order chi connectivity index (χ0) is 19.8. The Morgan fingerprint density at radius 2 is 1.44 bits per heavy atom. The second kappa shape index (κ2) is 9.73. The first-order valence-corrected chi connectivity index (χ1v) is 8.74. The third kappa shape index (κ3) is 4.86. The molecule has 144 valence electrons. The minimum Gasteiger partial charge on any atom is -0.497 e. The van der Waals surface area contributed by atoms with Gasteiger partial charge in [0, 0.05) is 18.0 Å². The molecule has 2 rings (SSSR count). The van der Waals surface area contributed by atoms with Gasteiger partial charge < -0.3 is 19.9 Å². The number of methoxy groups -OCH3 is 2. The van der Waals surface area contributed by atoms with E-state index in [4.69, 9.17) is 19.9 Å². The van der Waals surface area contributed by atoms with Crippen LogP contribution in [0.2, 0.25) is 0 Å². The van der Waals surface area contributed by atoms with Gasteiger partial charge in [-0.25, -0.2) is 0 Å². The fourth-order valence-electron chi connectivity index (χ4n) is 2.94. The monoisotopic (exact) mass is 371 g/mol. The summed E-state index contributed by atoms with van der Waals surface area (Å²) in [5.41, 5.74) is 7.14. The molecule has 0 saturated carbocycles. The molecule has 0 aliphatic heterocycles. The second-order valence-corrected chi connectivity index (χ2v) is 5.94. The Kier molecular flexibility index (Phi) is 7.37. The maximum atomic E-state index is 13.1. The molecule has 2 aromatic carbocycles. The lowest BCUT2D eigenvalue weighted by atomic mass is 9.81. The van der Waals surface area contributed by atoms with Crippen molar-refractivity contribution >= 4 is 11.8 Å². The van der Waals surface area contributed by atoms with Gasteiger partial charge in [-0.15, -0.1) is 0 Å². The Bertz CT molecular complexity index is 755. The van der Waals surface area contributed by atoms with Crippen molar-refractivity contribution in [3.8, 4) is 11.5 Å². The van der Waals surface area contributed by atoms with Gasteiger partial charge in [-0.05, 0) is 48.9 Å². The van der Waals surface area contributed by atoms with Crippen LogP contribution in [0.25, 0.3) is 0 Å². The molecule has 0 saturated heterocycles. The van der Waals surface area contributed by atoms with Gasteiger partial charge >= 0.3 is 5.97 Å². The average Bonchev–Trinajstić information content (AvgIpc) is 2.71. The molecular weight excluding hydrogens is 346 g/mol. The van der Waals surface area contributed by atoms with Crippen molar-refractivity contribution in [3.05, 3.63) is 59.7 Å². The fraction of sp³-hybridized carbons (Fsp3) is 0.333. The summed E-state index contributed by atoms with van der Waals surface area (Å²) in [5, 5.41) is 0. The minimum absolute atomic E-state index is 0.123. The third-order valence-electron chi connectivity index (χ3n) is 4.40. The number of rotatable bonds is 9. The lowest BCUT2D eigenvalue weighted by molar-refractivity contribution is -0.146. The van der Waals surface area contributed by atoms with Gasteiger partial charge in [-0.1, -0.05) is 12.1 Å². The smallest absolute Gasteiger partial charge is 0.317 e. The standard InChI is InChI=1S/C21H25NO5/c1-4-27-21(24)19(20(23)15-7-11-17(26-3)12-8-15)18(13-22)14-5-9-16(25-2)10-6-14/h5-12,18-19H,4,13,22H2,1-3H3. The van der Waals surface area contributed by atoms with E-state index in [0.29, 0.717) is 17.1 Å². The zero-order valence-corrected chi connectivity index (χ0v) is 15.8. The van der Waals surface area contributed by atoms with E-state index in [1.54, 1.807) is 57.5 Å². The predicted molar refractivity (Wildman–Crippen MR) is 102 cm³/mol. The molecule has 2 aromatic rings. The highest BCUT2D eigenvalue weighted by atomic mass is 16.5. The number of carbonyl (C=O) groups excluding carboxylic acids is 2. The topological polar surface area (TPSA) is 87.9 Å². The maximum absolute atomic E-state index is 13.1. The van der Waals surface area contributed by atoms with Crippen LogP contribution in [-0.2, 0) is 9.53 Å². The predicted octanol–water partition coefficient (Wildman–Crippen LogP) is 2.81. The number of carbonyl (C=O) groups is 2. The highest BCUT2D eigenvalue weighted by Gasteiger charge is 2.37. The number of ketones is 1. The molecule has 0 aliphatic carbocycles. The minimum atomic E-state index is -1.03. The molecule has 27 heavy (non-hydrogen) atoms. The van der Waals surface area contributed by atoms with Gasteiger partial charge in [0.2, 0.25) is 0 Å². The third-order valence-corrected chi connectivity index (χ3v) is 4.40. The Balaban J connectivity index is 2.40. The van der Waals surface area contributed by atoms with Crippen molar-refractivity contribution in [2.75, 3.05) is 27.4 Å². The van der Waals surface area contributed by atoms with Crippen molar-refractivity contribution in [1.29, 1.82) is 0 Å². The van der Waals surface area contributed by atoms with E-state index in [1.807, 2.05) is 12.1 Å². The summed E-state index contributed by atoms with van der Waals surface area (Å²) < 4.78 is 15.5. The number of benzene rings is 2. The Hall–Kier alpha value is -2.86. The van der Waals surface area contributed by atoms with E-state index < -0.39 is 17.8 Å².